The van der Waals surface area contributed by atoms with Gasteiger partial charge in [-0.25, -0.2) is 4.79 Å². The predicted molar refractivity (Wildman–Crippen MR) is 58.0 cm³/mol. The summed E-state index contributed by atoms with van der Waals surface area (Å²) < 4.78 is 4.34. The van der Waals surface area contributed by atoms with Crippen LogP contribution in [0.1, 0.15) is 6.92 Å². The minimum absolute atomic E-state index is 0.109. The van der Waals surface area contributed by atoms with Crippen molar-refractivity contribution in [2.75, 3.05) is 6.61 Å². The number of carbonyl (C=O) groups excluding carboxylic acids is 2. The number of nitrogens with one attached hydrogen (secondary N) is 2. The van der Waals surface area contributed by atoms with Crippen LogP contribution in [-0.2, 0) is 9.53 Å². The number of thiol groups is 1. The molecule has 14 heavy (non-hydrogen) atoms. The van der Waals surface area contributed by atoms with Crippen LogP contribution in [0.4, 0.5) is 4.79 Å². The molecule has 76 valence electrons. The fourth-order valence-corrected chi connectivity index (χ4v) is 0.831. The maximum absolute atomic E-state index is 11.1. The second-order valence-corrected chi connectivity index (χ2v) is 3.14. The van der Waals surface area contributed by atoms with Gasteiger partial charge in [0.1, 0.15) is 5.57 Å². The highest BCUT2D eigenvalue weighted by Gasteiger charge is 2.15. The quantitative estimate of drug-likeness (QED) is 0.289. The lowest BCUT2D eigenvalue weighted by molar-refractivity contribution is -0.116. The van der Waals surface area contributed by atoms with Gasteiger partial charge in [0.25, 0.3) is 5.91 Å². The molecule has 0 radical (unpaired) electrons. The maximum Gasteiger partial charge on any atom is 0.414 e. The molecule has 2 N–H and O–H groups in total. The van der Waals surface area contributed by atoms with Crippen molar-refractivity contribution in [2.24, 2.45) is 0 Å². The number of ether oxygens (including phenoxy) is 1. The molecule has 0 aliphatic rings. The number of carbonyl (C=O) groups is 2. The standard InChI is InChI=1S/C7H8N2O3S2/c1-2-12-7(11)9-5(10)4(3-8)6(13)14/h8H,2H2,1H3,(H,13,14)(H,9,10,11). The van der Waals surface area contributed by atoms with Gasteiger partial charge in [-0.3, -0.25) is 15.5 Å². The number of hydrogen-bond donors (Lipinski definition) is 3. The molecule has 7 heteroatoms. The first kappa shape index (κ1) is 12.8. The van der Waals surface area contributed by atoms with Gasteiger partial charge in [0.2, 0.25) is 0 Å². The Balaban J connectivity index is 4.42. The Bertz CT molecular complexity index is 321. The molecule has 0 aromatic rings. The Morgan fingerprint density at radius 2 is 2.21 bits per heavy atom. The van der Waals surface area contributed by atoms with Crippen molar-refractivity contribution in [1.82, 2.24) is 5.32 Å². The zero-order chi connectivity index (χ0) is 11.1. The molecule has 0 saturated carbocycles. The third kappa shape index (κ3) is 4.18. The summed E-state index contributed by atoms with van der Waals surface area (Å²) in [5.41, 5.74) is -0.281. The van der Waals surface area contributed by atoms with Crippen molar-refractivity contribution >= 4 is 46.9 Å². The average Bonchev–Trinajstić information content (AvgIpc) is 2.04. The molecule has 0 saturated heterocycles. The van der Waals surface area contributed by atoms with Crippen LogP contribution in [0.5, 0.6) is 0 Å². The summed E-state index contributed by atoms with van der Waals surface area (Å²) in [6, 6.07) is 0. The van der Waals surface area contributed by atoms with E-state index >= 15 is 0 Å². The topological polar surface area (TPSA) is 79.2 Å². The van der Waals surface area contributed by atoms with Gasteiger partial charge < -0.3 is 4.74 Å². The zero-order valence-electron chi connectivity index (χ0n) is 7.29. The number of amides is 2. The van der Waals surface area contributed by atoms with E-state index in [2.05, 4.69) is 29.6 Å². The molecule has 0 aliphatic heterocycles. The van der Waals surface area contributed by atoms with E-state index in [1.54, 1.807) is 12.8 Å². The summed E-state index contributed by atoms with van der Waals surface area (Å²) in [6.07, 6.45) is -0.894. The smallest absolute Gasteiger partial charge is 0.414 e. The van der Waals surface area contributed by atoms with E-state index in [0.29, 0.717) is 0 Å². The Morgan fingerprint density at radius 1 is 1.64 bits per heavy atom. The molecular formula is C7H8N2O3S2. The molecule has 0 rings (SSSR count). The number of alkyl carbamates (subject to hydrolysis) is 1. The molecule has 0 aromatic carbocycles. The Labute approximate surface area is 91.4 Å². The fraction of sp³-hybridized carbons (Fsp3) is 0.286. The highest BCUT2D eigenvalue weighted by molar-refractivity contribution is 8.12. The molecule has 0 spiro atoms. The van der Waals surface area contributed by atoms with Gasteiger partial charge >= 0.3 is 6.09 Å². The molecule has 0 heterocycles. The summed E-state index contributed by atoms with van der Waals surface area (Å²) in [7, 11) is 0. The van der Waals surface area contributed by atoms with E-state index in [9.17, 15) is 9.59 Å². The van der Waals surface area contributed by atoms with Crippen LogP contribution < -0.4 is 5.32 Å². The number of hydrogen-bond acceptors (Lipinski definition) is 5. The van der Waals surface area contributed by atoms with Crippen LogP contribution in [0.3, 0.4) is 0 Å². The second kappa shape index (κ2) is 6.31. The van der Waals surface area contributed by atoms with E-state index in [-0.39, 0.29) is 16.4 Å². The Morgan fingerprint density at radius 3 is 2.57 bits per heavy atom. The number of rotatable bonds is 3. The van der Waals surface area contributed by atoms with Crippen LogP contribution in [0.2, 0.25) is 0 Å². The van der Waals surface area contributed by atoms with Crippen LogP contribution in [-0.4, -0.2) is 28.7 Å². The molecular weight excluding hydrogens is 224 g/mol. The van der Waals surface area contributed by atoms with Crippen molar-refractivity contribution < 1.29 is 14.3 Å². The van der Waals surface area contributed by atoms with Gasteiger partial charge in [-0.2, -0.15) is 0 Å². The van der Waals surface area contributed by atoms with E-state index in [4.69, 9.17) is 5.41 Å². The van der Waals surface area contributed by atoms with Crippen LogP contribution in [0.15, 0.2) is 5.57 Å². The molecule has 5 nitrogen and oxygen atoms in total. The largest absolute Gasteiger partial charge is 0.450 e. The molecule has 0 bridgehead atoms. The molecule has 0 fully saturated rings. The van der Waals surface area contributed by atoms with Crippen molar-refractivity contribution in [3.8, 4) is 0 Å². The predicted octanol–water partition coefficient (Wildman–Crippen LogP) is 0.691. The molecule has 0 atom stereocenters. The summed E-state index contributed by atoms with van der Waals surface area (Å²) >= 11 is 8.23. The van der Waals surface area contributed by atoms with E-state index in [1.165, 1.54) is 0 Å². The van der Waals surface area contributed by atoms with Crippen LogP contribution in [0.25, 0.3) is 0 Å². The number of imide groups is 1. The summed E-state index contributed by atoms with van der Waals surface area (Å²) in [5, 5.41) is 8.59. The Kier molecular flexibility index (Phi) is 5.78. The molecule has 0 unspecified atom stereocenters. The van der Waals surface area contributed by atoms with Gasteiger partial charge in [-0.1, -0.05) is 12.2 Å². The minimum atomic E-state index is -0.894. The molecule has 2 amide bonds. The lowest BCUT2D eigenvalue weighted by atomic mass is 10.3. The fourth-order valence-electron chi connectivity index (χ4n) is 0.530. The van der Waals surface area contributed by atoms with Gasteiger partial charge in [0, 0.05) is 0 Å². The first-order valence-electron chi connectivity index (χ1n) is 3.54. The van der Waals surface area contributed by atoms with E-state index in [1.807, 2.05) is 5.32 Å². The van der Waals surface area contributed by atoms with Crippen molar-refractivity contribution in [2.45, 2.75) is 6.92 Å². The van der Waals surface area contributed by atoms with Crippen LogP contribution >= 0.6 is 24.8 Å². The number of thiocarbonyl (C=S) groups is 1. The lowest BCUT2D eigenvalue weighted by Crippen LogP contribution is -2.33. The lowest BCUT2D eigenvalue weighted by Gasteiger charge is -2.03. The minimum Gasteiger partial charge on any atom is -0.450 e. The molecule has 0 aliphatic carbocycles. The van der Waals surface area contributed by atoms with E-state index in [0.717, 1.165) is 0 Å². The average molecular weight is 232 g/mol. The first-order valence-corrected chi connectivity index (χ1v) is 4.39. The van der Waals surface area contributed by atoms with Gasteiger partial charge in [0.15, 0.2) is 0 Å². The second-order valence-electron chi connectivity index (χ2n) is 1.98. The summed E-state index contributed by atoms with van der Waals surface area (Å²) in [6.45, 7) is 1.74. The Hall–Kier alpha value is -1.17. The third-order valence-corrected chi connectivity index (χ3v) is 1.48. The first-order chi connectivity index (χ1) is 6.52. The SMILES string of the molecule is CCOC(=O)NC(=O)C(=C=N)C(=S)S. The molecule has 0 aromatic heterocycles. The normalized spacial score (nSPS) is 8.43. The van der Waals surface area contributed by atoms with Crippen molar-refractivity contribution in [3.05, 3.63) is 5.57 Å². The highest BCUT2D eigenvalue weighted by Crippen LogP contribution is 1.98. The summed E-state index contributed by atoms with van der Waals surface area (Å²) in [4.78, 5) is 21.9. The maximum atomic E-state index is 11.1. The van der Waals surface area contributed by atoms with Gasteiger partial charge in [-0.15, -0.1) is 12.6 Å². The van der Waals surface area contributed by atoms with Gasteiger partial charge in [0.05, 0.1) is 10.8 Å². The monoisotopic (exact) mass is 232 g/mol. The van der Waals surface area contributed by atoms with Crippen molar-refractivity contribution in [3.63, 3.8) is 0 Å². The summed E-state index contributed by atoms with van der Waals surface area (Å²) in [5.74, 6) is 0.929. The highest BCUT2D eigenvalue weighted by atomic mass is 32.1. The van der Waals surface area contributed by atoms with Gasteiger partial charge in [-0.05, 0) is 12.8 Å². The zero-order valence-corrected chi connectivity index (χ0v) is 9.00. The van der Waals surface area contributed by atoms with Crippen molar-refractivity contribution in [1.29, 1.82) is 5.41 Å². The van der Waals surface area contributed by atoms with Crippen LogP contribution in [0, 0.1) is 5.41 Å². The third-order valence-electron chi connectivity index (χ3n) is 1.06. The van der Waals surface area contributed by atoms with E-state index < -0.39 is 12.0 Å².